The molecule has 0 nitrogen and oxygen atoms in total. The van der Waals surface area contributed by atoms with E-state index in [1.54, 1.807) is 22.3 Å². The van der Waals surface area contributed by atoms with Gasteiger partial charge < -0.3 is 0 Å². The van der Waals surface area contributed by atoms with E-state index < -0.39 is 17.6 Å². The molecule has 0 aromatic heterocycles. The molecule has 0 saturated heterocycles. The zero-order chi connectivity index (χ0) is 14.3. The predicted octanol–water partition coefficient (Wildman–Crippen LogP) is 4.85. The quantitative estimate of drug-likeness (QED) is 0.695. The van der Waals surface area contributed by atoms with Crippen molar-refractivity contribution in [3.63, 3.8) is 0 Å². The highest BCUT2D eigenvalue weighted by Gasteiger charge is 2.35. The molecule has 2 aromatic rings. The Morgan fingerprint density at radius 2 is 0.800 bits per heavy atom. The summed E-state index contributed by atoms with van der Waals surface area (Å²) in [6, 6.07) is 18.4. The third kappa shape index (κ3) is 2.11. The number of benzene rings is 2. The summed E-state index contributed by atoms with van der Waals surface area (Å²) in [4.78, 5) is 0. The summed E-state index contributed by atoms with van der Waals surface area (Å²) in [5.74, 6) is 0. The molecular formula is C18H22Si2. The minimum atomic E-state index is -0.396. The Morgan fingerprint density at radius 1 is 0.550 bits per heavy atom. The normalized spacial score (nSPS) is 20.9. The molecule has 0 unspecified atom stereocenters. The Bertz CT molecular complexity index is 515. The zero-order valence-corrected chi connectivity index (χ0v) is 14.8. The predicted molar refractivity (Wildman–Crippen MR) is 91.5 cm³/mol. The van der Waals surface area contributed by atoms with E-state index in [1.807, 2.05) is 0 Å². The van der Waals surface area contributed by atoms with Gasteiger partial charge in [0.2, 0.25) is 0 Å². The fraction of sp³-hybridized carbons (Fsp3) is 0.333. The van der Waals surface area contributed by atoms with Gasteiger partial charge in [-0.05, 0) is 22.3 Å². The van der Waals surface area contributed by atoms with E-state index in [0.717, 1.165) is 0 Å². The van der Waals surface area contributed by atoms with Crippen LogP contribution in [0.1, 0.15) is 33.3 Å². The molecule has 20 heavy (non-hydrogen) atoms. The summed E-state index contributed by atoms with van der Waals surface area (Å²) in [7, 11) is -0.792. The number of fused-ring (bicyclic) bond motifs is 2. The second kappa shape index (κ2) is 5.34. The number of hydrogen-bond donors (Lipinski definition) is 0. The lowest BCUT2D eigenvalue weighted by molar-refractivity contribution is 0.924. The zero-order valence-electron chi connectivity index (χ0n) is 12.8. The van der Waals surface area contributed by atoms with Crippen molar-refractivity contribution in [1.82, 2.24) is 0 Å². The summed E-state index contributed by atoms with van der Waals surface area (Å²) >= 11 is 0. The van der Waals surface area contributed by atoms with Crippen molar-refractivity contribution in [3.8, 4) is 0 Å². The molecule has 0 atom stereocenters. The minimum Gasteiger partial charge on any atom is -0.0705 e. The van der Waals surface area contributed by atoms with Gasteiger partial charge >= 0.3 is 0 Å². The number of hydrogen-bond acceptors (Lipinski definition) is 0. The Balaban J connectivity index is 2.28. The lowest BCUT2D eigenvalue weighted by atomic mass is 9.85. The van der Waals surface area contributed by atoms with E-state index in [2.05, 4.69) is 74.7 Å². The maximum Gasteiger partial charge on any atom is 0.0556 e. The van der Waals surface area contributed by atoms with Gasteiger partial charge in [0.15, 0.2) is 0 Å². The molecule has 0 saturated carbocycles. The third-order valence-corrected chi connectivity index (χ3v) is 7.94. The van der Waals surface area contributed by atoms with Crippen molar-refractivity contribution in [2.24, 2.45) is 0 Å². The van der Waals surface area contributed by atoms with Crippen LogP contribution in [-0.4, -0.2) is 17.6 Å². The molecule has 0 aliphatic heterocycles. The molecule has 0 amide bonds. The van der Waals surface area contributed by atoms with Crippen molar-refractivity contribution in [3.05, 3.63) is 70.8 Å². The Hall–Kier alpha value is -1.13. The first kappa shape index (κ1) is 13.8. The summed E-state index contributed by atoms with van der Waals surface area (Å²) in [5, 5.41) is 0. The standard InChI is InChI=1S/C18H22Si2/c1-19(2)17-13-9-5-7-11-15(13)18(20(3)4)16-12-8-6-10-14(16)17/h5-12,17-18H,1-4H3. The van der Waals surface area contributed by atoms with E-state index in [4.69, 9.17) is 0 Å². The first-order valence-electron chi connectivity index (χ1n) is 7.39. The highest BCUT2D eigenvalue weighted by atomic mass is 28.3. The molecular weight excluding hydrogens is 272 g/mol. The summed E-state index contributed by atoms with van der Waals surface area (Å²) in [6.07, 6.45) is 0. The Kier molecular flexibility index (Phi) is 3.69. The molecule has 0 fully saturated rings. The average Bonchev–Trinajstić information content (AvgIpc) is 2.43. The molecule has 0 heterocycles. The number of rotatable bonds is 2. The highest BCUT2D eigenvalue weighted by Crippen LogP contribution is 2.45. The summed E-state index contributed by atoms with van der Waals surface area (Å²) < 4.78 is 0. The molecule has 2 heteroatoms. The molecule has 2 aromatic carbocycles. The van der Waals surface area contributed by atoms with Crippen LogP contribution in [0.25, 0.3) is 0 Å². The van der Waals surface area contributed by atoms with Gasteiger partial charge in [0.1, 0.15) is 0 Å². The SMILES string of the molecule is C[Si](C)C1c2ccccc2C([Si](C)C)c2ccccc21. The van der Waals surface area contributed by atoms with Crippen LogP contribution in [-0.2, 0) is 0 Å². The van der Waals surface area contributed by atoms with Gasteiger partial charge in [0.05, 0.1) is 17.6 Å². The Morgan fingerprint density at radius 3 is 1.00 bits per heavy atom. The molecule has 2 radical (unpaired) electrons. The third-order valence-electron chi connectivity index (χ3n) is 4.39. The largest absolute Gasteiger partial charge is 0.0705 e. The van der Waals surface area contributed by atoms with Crippen LogP contribution >= 0.6 is 0 Å². The average molecular weight is 295 g/mol. The van der Waals surface area contributed by atoms with Crippen LogP contribution in [0.5, 0.6) is 0 Å². The van der Waals surface area contributed by atoms with Gasteiger partial charge in [-0.3, -0.25) is 0 Å². The summed E-state index contributed by atoms with van der Waals surface area (Å²) in [5.41, 5.74) is 7.76. The highest BCUT2D eigenvalue weighted by molar-refractivity contribution is 6.60. The van der Waals surface area contributed by atoms with Crippen LogP contribution in [0, 0.1) is 0 Å². The van der Waals surface area contributed by atoms with E-state index in [0.29, 0.717) is 11.1 Å². The van der Waals surface area contributed by atoms with Crippen molar-refractivity contribution < 1.29 is 0 Å². The van der Waals surface area contributed by atoms with Crippen molar-refractivity contribution in [2.45, 2.75) is 37.3 Å². The van der Waals surface area contributed by atoms with Crippen LogP contribution in [0.3, 0.4) is 0 Å². The van der Waals surface area contributed by atoms with Gasteiger partial charge in [-0.25, -0.2) is 0 Å². The van der Waals surface area contributed by atoms with Crippen LogP contribution < -0.4 is 0 Å². The molecule has 0 N–H and O–H groups in total. The van der Waals surface area contributed by atoms with Gasteiger partial charge in [0, 0.05) is 11.1 Å². The lowest BCUT2D eigenvalue weighted by Gasteiger charge is -2.37. The van der Waals surface area contributed by atoms with Crippen molar-refractivity contribution in [2.75, 3.05) is 0 Å². The topological polar surface area (TPSA) is 0 Å². The molecule has 102 valence electrons. The van der Waals surface area contributed by atoms with Crippen LogP contribution in [0.4, 0.5) is 0 Å². The van der Waals surface area contributed by atoms with Crippen LogP contribution in [0.15, 0.2) is 48.5 Å². The molecule has 0 bridgehead atoms. The van der Waals surface area contributed by atoms with Gasteiger partial charge in [-0.15, -0.1) is 0 Å². The summed E-state index contributed by atoms with van der Waals surface area (Å²) in [6.45, 7) is 9.81. The first-order chi connectivity index (χ1) is 9.61. The molecule has 0 spiro atoms. The maximum absolute atomic E-state index is 2.45. The second-order valence-electron chi connectivity index (χ2n) is 6.28. The Labute approximate surface area is 126 Å². The van der Waals surface area contributed by atoms with E-state index in [9.17, 15) is 0 Å². The first-order valence-corrected chi connectivity index (χ1v) is 12.5. The van der Waals surface area contributed by atoms with E-state index in [-0.39, 0.29) is 0 Å². The van der Waals surface area contributed by atoms with E-state index in [1.165, 1.54) is 0 Å². The van der Waals surface area contributed by atoms with Crippen molar-refractivity contribution in [1.29, 1.82) is 0 Å². The van der Waals surface area contributed by atoms with Gasteiger partial charge in [-0.2, -0.15) is 0 Å². The molecule has 1 aliphatic rings. The van der Waals surface area contributed by atoms with Crippen molar-refractivity contribution >= 4 is 17.6 Å². The molecule has 3 rings (SSSR count). The smallest absolute Gasteiger partial charge is 0.0556 e. The lowest BCUT2D eigenvalue weighted by Crippen LogP contribution is -2.30. The second-order valence-corrected chi connectivity index (χ2v) is 11.7. The van der Waals surface area contributed by atoms with Gasteiger partial charge in [-0.1, -0.05) is 74.7 Å². The van der Waals surface area contributed by atoms with Crippen LogP contribution in [0.2, 0.25) is 26.2 Å². The fourth-order valence-electron chi connectivity index (χ4n) is 3.65. The molecule has 1 aliphatic carbocycles. The fourth-order valence-corrected chi connectivity index (χ4v) is 7.19. The maximum atomic E-state index is 2.45. The monoisotopic (exact) mass is 294 g/mol. The van der Waals surface area contributed by atoms with E-state index >= 15 is 0 Å². The van der Waals surface area contributed by atoms with Gasteiger partial charge in [0.25, 0.3) is 0 Å². The minimum absolute atomic E-state index is 0.396.